The molecule has 1 rings (SSSR count). The molecule has 0 radical (unpaired) electrons. The molecule has 1 unspecified atom stereocenters. The summed E-state index contributed by atoms with van der Waals surface area (Å²) in [6.07, 6.45) is 0. The molecule has 0 bridgehead atoms. The van der Waals surface area contributed by atoms with Gasteiger partial charge in [0.25, 0.3) is 0 Å². The van der Waals surface area contributed by atoms with Crippen LogP contribution < -0.4 is 0 Å². The molecule has 1 heterocycles. The van der Waals surface area contributed by atoms with Crippen molar-refractivity contribution in [2.45, 2.75) is 10.6 Å². The third-order valence-corrected chi connectivity index (χ3v) is 2.49. The Morgan fingerprint density at radius 2 is 1.80 bits per heavy atom. The molecule has 60 valence electrons. The van der Waals surface area contributed by atoms with Crippen LogP contribution in [0.4, 0.5) is 13.2 Å². The smallest absolute Gasteiger partial charge is 0.202 e. The van der Waals surface area contributed by atoms with E-state index in [2.05, 4.69) is 15.8 Å². The first kappa shape index (κ1) is 8.09. The van der Waals surface area contributed by atoms with E-state index in [1.807, 2.05) is 0 Å². The molecule has 10 heavy (non-hydrogen) atoms. The van der Waals surface area contributed by atoms with Crippen molar-refractivity contribution < 1.29 is 25.8 Å². The fourth-order valence-corrected chi connectivity index (χ4v) is 1.48. The van der Waals surface area contributed by atoms with Gasteiger partial charge in [0, 0.05) is 0 Å². The van der Waals surface area contributed by atoms with Crippen LogP contribution >= 0.6 is 11.6 Å². The average Bonchev–Trinajstić information content (AvgIpc) is 2.05. The molecule has 3 nitrogen and oxygen atoms in total. The minimum absolute atomic E-state index is 3.08. The molecular formula is C2ClF3O3S. The number of hydrogen-bond donors (Lipinski definition) is 0. The predicted octanol–water partition coefficient (Wildman–Crippen LogP) is 0.801. The summed E-state index contributed by atoms with van der Waals surface area (Å²) in [5.41, 5.74) is 0. The highest BCUT2D eigenvalue weighted by atomic mass is 35.5. The summed E-state index contributed by atoms with van der Waals surface area (Å²) in [4.78, 5) is 0. The Kier molecular flexibility index (Phi) is 1.29. The molecule has 0 aromatic heterocycles. The lowest BCUT2D eigenvalue weighted by molar-refractivity contribution is -0.0667. The summed E-state index contributed by atoms with van der Waals surface area (Å²) in [6.45, 7) is 0. The van der Waals surface area contributed by atoms with Gasteiger partial charge in [0.2, 0.25) is 0 Å². The van der Waals surface area contributed by atoms with E-state index in [9.17, 15) is 21.6 Å². The second kappa shape index (κ2) is 1.59. The molecule has 1 aliphatic heterocycles. The van der Waals surface area contributed by atoms with Crippen molar-refractivity contribution in [3.63, 3.8) is 0 Å². The van der Waals surface area contributed by atoms with E-state index in [1.54, 1.807) is 0 Å². The molecule has 0 saturated carbocycles. The van der Waals surface area contributed by atoms with Gasteiger partial charge >= 0.3 is 20.7 Å². The fraction of sp³-hybridized carbons (Fsp3) is 1.00. The number of rotatable bonds is 1. The first-order valence-electron chi connectivity index (χ1n) is 1.91. The SMILES string of the molecule is O=S1(=O)OC1(F)C(F)(F)Cl. The van der Waals surface area contributed by atoms with Crippen LogP contribution in [0.5, 0.6) is 0 Å². The maximum Gasteiger partial charge on any atom is 0.428 e. The van der Waals surface area contributed by atoms with Gasteiger partial charge in [-0.15, -0.1) is 0 Å². The summed E-state index contributed by atoms with van der Waals surface area (Å²) >= 11 is 4.04. The molecule has 0 N–H and O–H groups in total. The minimum atomic E-state index is -4.76. The number of hydrogen-bond acceptors (Lipinski definition) is 3. The van der Waals surface area contributed by atoms with Gasteiger partial charge in [-0.25, -0.2) is 4.18 Å². The van der Waals surface area contributed by atoms with Crippen molar-refractivity contribution in [1.82, 2.24) is 0 Å². The van der Waals surface area contributed by atoms with Crippen LogP contribution in [0.15, 0.2) is 0 Å². The zero-order chi connectivity index (χ0) is 8.21. The zero-order valence-corrected chi connectivity index (χ0v) is 5.72. The highest BCUT2D eigenvalue weighted by Crippen LogP contribution is 2.53. The Morgan fingerprint density at radius 1 is 1.50 bits per heavy atom. The fourth-order valence-electron chi connectivity index (χ4n) is 0.313. The quantitative estimate of drug-likeness (QED) is 0.460. The lowest BCUT2D eigenvalue weighted by Crippen LogP contribution is -2.27. The second-order valence-electron chi connectivity index (χ2n) is 1.57. The van der Waals surface area contributed by atoms with Gasteiger partial charge in [0.1, 0.15) is 0 Å². The Bertz CT molecular complexity index is 255. The van der Waals surface area contributed by atoms with Gasteiger partial charge in [-0.05, 0) is 11.6 Å². The Labute approximate surface area is 58.8 Å². The van der Waals surface area contributed by atoms with E-state index in [4.69, 9.17) is 0 Å². The van der Waals surface area contributed by atoms with Crippen molar-refractivity contribution in [2.24, 2.45) is 0 Å². The predicted molar refractivity (Wildman–Crippen MR) is 24.6 cm³/mol. The second-order valence-corrected chi connectivity index (χ2v) is 3.65. The van der Waals surface area contributed by atoms with Crippen LogP contribution in [0.1, 0.15) is 0 Å². The van der Waals surface area contributed by atoms with Crippen LogP contribution in [0, 0.1) is 0 Å². The molecular weight excluding hydrogens is 197 g/mol. The highest BCUT2D eigenvalue weighted by Gasteiger charge is 2.81. The molecule has 0 aliphatic carbocycles. The van der Waals surface area contributed by atoms with Crippen LogP contribution in [0.3, 0.4) is 0 Å². The summed E-state index contributed by atoms with van der Waals surface area (Å²) in [5, 5.41) is -8.53. The van der Waals surface area contributed by atoms with E-state index in [1.165, 1.54) is 0 Å². The molecule has 0 aromatic rings. The molecule has 0 aromatic carbocycles. The number of halogens is 4. The largest absolute Gasteiger partial charge is 0.428 e. The minimum Gasteiger partial charge on any atom is -0.202 e. The van der Waals surface area contributed by atoms with Crippen LogP contribution in [0.2, 0.25) is 0 Å². The summed E-state index contributed by atoms with van der Waals surface area (Å²) in [6, 6.07) is 0. The van der Waals surface area contributed by atoms with Crippen LogP contribution in [-0.4, -0.2) is 19.0 Å². The Hall–Kier alpha value is -0.0100. The van der Waals surface area contributed by atoms with Gasteiger partial charge in [0.05, 0.1) is 0 Å². The van der Waals surface area contributed by atoms with Crippen LogP contribution in [-0.2, 0) is 14.3 Å². The molecule has 0 amide bonds. The van der Waals surface area contributed by atoms with E-state index in [0.717, 1.165) is 0 Å². The Balaban J connectivity index is 3.00. The van der Waals surface area contributed by atoms with Crippen molar-refractivity contribution in [3.05, 3.63) is 0 Å². The summed E-state index contributed by atoms with van der Waals surface area (Å²) in [7, 11) is -4.76. The summed E-state index contributed by atoms with van der Waals surface area (Å²) in [5.74, 6) is 0. The number of alkyl halides is 4. The summed E-state index contributed by atoms with van der Waals surface area (Å²) < 4.78 is 58.3. The lowest BCUT2D eigenvalue weighted by Gasteiger charge is -2.02. The van der Waals surface area contributed by atoms with Crippen molar-refractivity contribution in [1.29, 1.82) is 0 Å². The third-order valence-electron chi connectivity index (χ3n) is 0.851. The Morgan fingerprint density at radius 3 is 1.80 bits per heavy atom. The molecule has 0 spiro atoms. The molecule has 1 fully saturated rings. The normalized spacial score (nSPS) is 37.6. The van der Waals surface area contributed by atoms with Crippen molar-refractivity contribution in [2.75, 3.05) is 0 Å². The average molecular weight is 197 g/mol. The van der Waals surface area contributed by atoms with Crippen LogP contribution in [0.25, 0.3) is 0 Å². The first-order chi connectivity index (χ1) is 4.21. The van der Waals surface area contributed by atoms with E-state index in [0.29, 0.717) is 0 Å². The third kappa shape index (κ3) is 0.807. The van der Waals surface area contributed by atoms with Gasteiger partial charge < -0.3 is 0 Å². The standard InChI is InChI=1S/C2ClF3O3S/c3-1(4,5)2(6)9-10(2,7)8. The first-order valence-corrected chi connectivity index (χ1v) is 3.70. The van der Waals surface area contributed by atoms with E-state index in [-0.39, 0.29) is 0 Å². The van der Waals surface area contributed by atoms with Gasteiger partial charge in [0.15, 0.2) is 0 Å². The molecule has 1 atom stereocenters. The van der Waals surface area contributed by atoms with E-state index < -0.39 is 20.7 Å². The molecule has 1 aliphatic rings. The van der Waals surface area contributed by atoms with Gasteiger partial charge in [-0.1, -0.05) is 0 Å². The van der Waals surface area contributed by atoms with Gasteiger partial charge in [-0.3, -0.25) is 0 Å². The highest BCUT2D eigenvalue weighted by molar-refractivity contribution is 7.93. The topological polar surface area (TPSA) is 46.7 Å². The van der Waals surface area contributed by atoms with Crippen molar-refractivity contribution in [3.8, 4) is 0 Å². The maximum atomic E-state index is 12.1. The van der Waals surface area contributed by atoms with E-state index >= 15 is 0 Å². The zero-order valence-electron chi connectivity index (χ0n) is 4.14. The van der Waals surface area contributed by atoms with Crippen molar-refractivity contribution >= 4 is 21.7 Å². The maximum absolute atomic E-state index is 12.1. The molecule has 1 saturated heterocycles. The molecule has 8 heteroatoms. The lowest BCUT2D eigenvalue weighted by atomic mass is 10.7. The monoisotopic (exact) mass is 196 g/mol. The van der Waals surface area contributed by atoms with Gasteiger partial charge in [-0.2, -0.15) is 21.6 Å².